The molecule has 0 radical (unpaired) electrons. The van der Waals surface area contributed by atoms with Crippen LogP contribution in [0.15, 0.2) is 24.3 Å². The van der Waals surface area contributed by atoms with Crippen molar-refractivity contribution in [2.24, 2.45) is 0 Å². The summed E-state index contributed by atoms with van der Waals surface area (Å²) in [6.45, 7) is 3.73. The van der Waals surface area contributed by atoms with E-state index in [1.54, 1.807) is 0 Å². The lowest BCUT2D eigenvalue weighted by Crippen LogP contribution is -2.54. The van der Waals surface area contributed by atoms with Crippen molar-refractivity contribution >= 4 is 17.5 Å². The van der Waals surface area contributed by atoms with Gasteiger partial charge in [-0.2, -0.15) is 0 Å². The van der Waals surface area contributed by atoms with Crippen LogP contribution in [0.25, 0.3) is 0 Å². The van der Waals surface area contributed by atoms with E-state index in [0.29, 0.717) is 39.5 Å². The number of hydrogen-bond donors (Lipinski definition) is 2. The Kier molecular flexibility index (Phi) is 5.54. The molecule has 1 amide bonds. The minimum absolute atomic E-state index is 0.0115. The van der Waals surface area contributed by atoms with Gasteiger partial charge >= 0.3 is 0 Å². The van der Waals surface area contributed by atoms with E-state index in [0.717, 1.165) is 23.4 Å². The summed E-state index contributed by atoms with van der Waals surface area (Å²) in [5, 5.41) is 7.03. The first-order valence-electron chi connectivity index (χ1n) is 8.13. The number of amides is 1. The number of carbonyl (C=O) groups excluding carboxylic acids is 1. The van der Waals surface area contributed by atoms with Crippen LogP contribution in [0.1, 0.15) is 18.4 Å². The van der Waals surface area contributed by atoms with Gasteiger partial charge in [-0.05, 0) is 24.5 Å². The molecule has 2 N–H and O–H groups in total. The first-order valence-corrected chi connectivity index (χ1v) is 8.51. The van der Waals surface area contributed by atoms with Crippen LogP contribution in [0.3, 0.4) is 0 Å². The monoisotopic (exact) mass is 338 g/mol. The molecule has 1 atom stereocenters. The average molecular weight is 339 g/mol. The Morgan fingerprint density at radius 1 is 1.26 bits per heavy atom. The van der Waals surface area contributed by atoms with Crippen molar-refractivity contribution in [3.8, 4) is 0 Å². The van der Waals surface area contributed by atoms with Gasteiger partial charge in [-0.15, -0.1) is 0 Å². The zero-order chi connectivity index (χ0) is 16.1. The predicted molar refractivity (Wildman–Crippen MR) is 88.8 cm³/mol. The first kappa shape index (κ1) is 16.7. The lowest BCUT2D eigenvalue weighted by molar-refractivity contribution is -0.126. The van der Waals surface area contributed by atoms with Crippen molar-refractivity contribution < 1.29 is 14.3 Å². The summed E-state index contributed by atoms with van der Waals surface area (Å²) in [5.74, 6) is -0.0115. The molecule has 1 aromatic rings. The Labute approximate surface area is 141 Å². The van der Waals surface area contributed by atoms with Gasteiger partial charge in [0.15, 0.2) is 0 Å². The third-order valence-electron chi connectivity index (χ3n) is 4.73. The number of hydrogen-bond acceptors (Lipinski definition) is 4. The third-order valence-corrected chi connectivity index (χ3v) is 5.06. The Balaban J connectivity index is 1.72. The standard InChI is InChI=1S/C17H23ClN2O3/c18-14-4-2-1-3-13(14)17(5-8-22-9-6-17)12-20-16(21)15-11-23-10-7-19-15/h1-4,15,19H,5-12H2,(H,20,21). The molecule has 1 aromatic carbocycles. The second kappa shape index (κ2) is 7.62. The van der Waals surface area contributed by atoms with Crippen LogP contribution in [-0.4, -0.2) is 51.5 Å². The van der Waals surface area contributed by atoms with Crippen molar-refractivity contribution in [1.29, 1.82) is 0 Å². The van der Waals surface area contributed by atoms with Crippen LogP contribution in [-0.2, 0) is 19.7 Å². The molecule has 3 rings (SSSR count). The molecule has 0 saturated carbocycles. The fraction of sp³-hybridized carbons (Fsp3) is 0.588. The van der Waals surface area contributed by atoms with E-state index in [2.05, 4.69) is 16.7 Å². The molecule has 0 aliphatic carbocycles. The van der Waals surface area contributed by atoms with Crippen LogP contribution < -0.4 is 10.6 Å². The minimum Gasteiger partial charge on any atom is -0.381 e. The Morgan fingerprint density at radius 2 is 2.04 bits per heavy atom. The molecule has 2 aliphatic heterocycles. The maximum absolute atomic E-state index is 12.4. The highest BCUT2D eigenvalue weighted by molar-refractivity contribution is 6.31. The number of carbonyl (C=O) groups is 1. The molecule has 0 bridgehead atoms. The number of halogens is 1. The second-order valence-electron chi connectivity index (χ2n) is 6.17. The Morgan fingerprint density at radius 3 is 2.74 bits per heavy atom. The van der Waals surface area contributed by atoms with Gasteiger partial charge in [-0.25, -0.2) is 0 Å². The molecule has 126 valence electrons. The molecule has 6 heteroatoms. The minimum atomic E-state index is -0.271. The molecule has 23 heavy (non-hydrogen) atoms. The molecule has 0 spiro atoms. The summed E-state index contributed by atoms with van der Waals surface area (Å²) in [6, 6.07) is 7.62. The molecule has 2 aliphatic rings. The molecule has 1 unspecified atom stereocenters. The molecule has 5 nitrogen and oxygen atoms in total. The molecule has 2 heterocycles. The number of nitrogens with one attached hydrogen (secondary N) is 2. The SMILES string of the molecule is O=C(NCC1(c2ccccc2Cl)CCOCC1)C1COCCN1. The molecule has 2 fully saturated rings. The Hall–Kier alpha value is -1.14. The van der Waals surface area contributed by atoms with E-state index < -0.39 is 0 Å². The summed E-state index contributed by atoms with van der Waals surface area (Å²) in [5.41, 5.74) is 0.931. The van der Waals surface area contributed by atoms with Gasteiger partial charge in [0.05, 0.1) is 13.2 Å². The zero-order valence-corrected chi connectivity index (χ0v) is 13.9. The van der Waals surface area contributed by atoms with Gasteiger partial charge < -0.3 is 20.1 Å². The fourth-order valence-electron chi connectivity index (χ4n) is 3.31. The lowest BCUT2D eigenvalue weighted by Gasteiger charge is -2.39. The van der Waals surface area contributed by atoms with Gasteiger partial charge in [-0.3, -0.25) is 4.79 Å². The van der Waals surface area contributed by atoms with Crippen molar-refractivity contribution in [2.75, 3.05) is 39.5 Å². The normalized spacial score (nSPS) is 24.1. The van der Waals surface area contributed by atoms with E-state index in [1.807, 2.05) is 18.2 Å². The van der Waals surface area contributed by atoms with Gasteiger partial charge in [0, 0.05) is 36.7 Å². The molecular formula is C17H23ClN2O3. The van der Waals surface area contributed by atoms with Crippen molar-refractivity contribution in [2.45, 2.75) is 24.3 Å². The van der Waals surface area contributed by atoms with E-state index in [4.69, 9.17) is 21.1 Å². The number of benzene rings is 1. The quantitative estimate of drug-likeness (QED) is 0.873. The first-order chi connectivity index (χ1) is 11.2. The zero-order valence-electron chi connectivity index (χ0n) is 13.1. The predicted octanol–water partition coefficient (Wildman–Crippen LogP) is 1.49. The van der Waals surface area contributed by atoms with Crippen LogP contribution in [0.5, 0.6) is 0 Å². The van der Waals surface area contributed by atoms with Crippen molar-refractivity contribution in [1.82, 2.24) is 10.6 Å². The summed E-state index contributed by atoms with van der Waals surface area (Å²) in [6.07, 6.45) is 1.71. The highest BCUT2D eigenvalue weighted by Crippen LogP contribution is 2.38. The second-order valence-corrected chi connectivity index (χ2v) is 6.58. The van der Waals surface area contributed by atoms with Gasteiger partial charge in [0.1, 0.15) is 6.04 Å². The van der Waals surface area contributed by atoms with Crippen LogP contribution in [0.4, 0.5) is 0 Å². The third kappa shape index (κ3) is 3.86. The van der Waals surface area contributed by atoms with E-state index >= 15 is 0 Å². The summed E-state index contributed by atoms with van der Waals surface area (Å²) in [7, 11) is 0. The average Bonchev–Trinajstić information content (AvgIpc) is 2.61. The summed E-state index contributed by atoms with van der Waals surface area (Å²) >= 11 is 6.43. The van der Waals surface area contributed by atoms with Crippen molar-refractivity contribution in [3.05, 3.63) is 34.9 Å². The van der Waals surface area contributed by atoms with Crippen LogP contribution >= 0.6 is 11.6 Å². The van der Waals surface area contributed by atoms with Crippen LogP contribution in [0, 0.1) is 0 Å². The van der Waals surface area contributed by atoms with Crippen molar-refractivity contribution in [3.63, 3.8) is 0 Å². The highest BCUT2D eigenvalue weighted by Gasteiger charge is 2.37. The lowest BCUT2D eigenvalue weighted by atomic mass is 9.74. The van der Waals surface area contributed by atoms with Crippen LogP contribution in [0.2, 0.25) is 5.02 Å². The number of morpholine rings is 1. The maximum Gasteiger partial charge on any atom is 0.239 e. The Bertz CT molecular complexity index is 540. The molecule has 2 saturated heterocycles. The van der Waals surface area contributed by atoms with E-state index in [9.17, 15) is 4.79 Å². The van der Waals surface area contributed by atoms with Gasteiger partial charge in [0.25, 0.3) is 0 Å². The topological polar surface area (TPSA) is 59.6 Å². The van der Waals surface area contributed by atoms with Gasteiger partial charge in [-0.1, -0.05) is 29.8 Å². The number of ether oxygens (including phenoxy) is 2. The smallest absolute Gasteiger partial charge is 0.239 e. The van der Waals surface area contributed by atoms with E-state index in [-0.39, 0.29) is 17.4 Å². The number of rotatable bonds is 4. The largest absolute Gasteiger partial charge is 0.381 e. The summed E-state index contributed by atoms with van der Waals surface area (Å²) < 4.78 is 10.9. The molecular weight excluding hydrogens is 316 g/mol. The highest BCUT2D eigenvalue weighted by atomic mass is 35.5. The van der Waals surface area contributed by atoms with E-state index in [1.165, 1.54) is 0 Å². The maximum atomic E-state index is 12.4. The summed E-state index contributed by atoms with van der Waals surface area (Å²) in [4.78, 5) is 12.4. The fourth-order valence-corrected chi connectivity index (χ4v) is 3.64. The van der Waals surface area contributed by atoms with Gasteiger partial charge in [0.2, 0.25) is 5.91 Å². The molecule has 0 aromatic heterocycles.